The topological polar surface area (TPSA) is 35.2 Å². The van der Waals surface area contributed by atoms with E-state index in [9.17, 15) is 0 Å². The van der Waals surface area contributed by atoms with Crippen LogP contribution >= 0.6 is 15.9 Å². The molecule has 0 fully saturated rings. The van der Waals surface area contributed by atoms with Gasteiger partial charge in [-0.05, 0) is 24.6 Å². The number of methoxy groups -OCH3 is 1. The van der Waals surface area contributed by atoms with E-state index >= 15 is 0 Å². The van der Waals surface area contributed by atoms with Gasteiger partial charge in [-0.1, -0.05) is 15.9 Å². The molecule has 0 spiro atoms. The van der Waals surface area contributed by atoms with E-state index in [1.54, 1.807) is 7.11 Å². The Morgan fingerprint density at radius 1 is 1.50 bits per heavy atom. The van der Waals surface area contributed by atoms with Crippen LogP contribution in [0.4, 0.5) is 0 Å². The minimum absolute atomic E-state index is 0.490. The van der Waals surface area contributed by atoms with Crippen molar-refractivity contribution in [2.75, 3.05) is 7.11 Å². The summed E-state index contributed by atoms with van der Waals surface area (Å²) in [5.74, 6) is 0.851. The average molecular weight is 230 g/mol. The van der Waals surface area contributed by atoms with Gasteiger partial charge in [0.2, 0.25) is 0 Å². The number of nitrogens with two attached hydrogens (primary N) is 1. The first kappa shape index (κ1) is 9.55. The second kappa shape index (κ2) is 3.92. The number of halogens is 1. The van der Waals surface area contributed by atoms with Gasteiger partial charge in [0.25, 0.3) is 0 Å². The Bertz CT molecular complexity index is 286. The fourth-order valence-corrected chi connectivity index (χ4v) is 1.84. The Balaban J connectivity index is 3.24. The lowest BCUT2D eigenvalue weighted by Crippen LogP contribution is -2.01. The molecule has 0 saturated heterocycles. The molecule has 0 amide bonds. The molecule has 0 radical (unpaired) electrons. The first-order chi connectivity index (χ1) is 5.69. The smallest absolute Gasteiger partial charge is 0.124 e. The molecule has 0 unspecified atom stereocenters. The Morgan fingerprint density at radius 2 is 2.17 bits per heavy atom. The van der Waals surface area contributed by atoms with Crippen LogP contribution in [0.5, 0.6) is 5.75 Å². The van der Waals surface area contributed by atoms with Gasteiger partial charge in [0.15, 0.2) is 0 Å². The molecule has 1 aromatic carbocycles. The minimum Gasteiger partial charge on any atom is -0.496 e. The number of ether oxygens (including phenoxy) is 1. The lowest BCUT2D eigenvalue weighted by Gasteiger charge is -2.09. The summed E-state index contributed by atoms with van der Waals surface area (Å²) in [6.07, 6.45) is 0. The van der Waals surface area contributed by atoms with Crippen molar-refractivity contribution in [3.63, 3.8) is 0 Å². The van der Waals surface area contributed by atoms with Crippen molar-refractivity contribution in [1.29, 1.82) is 0 Å². The lowest BCUT2D eigenvalue weighted by molar-refractivity contribution is 0.409. The van der Waals surface area contributed by atoms with Crippen molar-refractivity contribution in [2.24, 2.45) is 5.73 Å². The molecule has 2 N–H and O–H groups in total. The van der Waals surface area contributed by atoms with Crippen molar-refractivity contribution in [3.05, 3.63) is 27.7 Å². The van der Waals surface area contributed by atoms with Gasteiger partial charge in [-0.2, -0.15) is 0 Å². The summed E-state index contributed by atoms with van der Waals surface area (Å²) >= 11 is 3.44. The fraction of sp³-hybridized carbons (Fsp3) is 0.333. The maximum Gasteiger partial charge on any atom is 0.124 e. The first-order valence-electron chi connectivity index (χ1n) is 3.72. The van der Waals surface area contributed by atoms with E-state index in [1.165, 1.54) is 0 Å². The summed E-state index contributed by atoms with van der Waals surface area (Å²) in [6.45, 7) is 2.51. The normalized spacial score (nSPS) is 10.0. The second-order valence-electron chi connectivity index (χ2n) is 2.63. The standard InChI is InChI=1S/C9H12BrNO/c1-6-3-8(10)7(5-11)9(4-6)12-2/h3-4H,5,11H2,1-2H3. The van der Waals surface area contributed by atoms with Gasteiger partial charge in [-0.25, -0.2) is 0 Å². The molecule has 1 rings (SSSR count). The summed E-state index contributed by atoms with van der Waals surface area (Å²) < 4.78 is 6.20. The molecule has 2 nitrogen and oxygen atoms in total. The van der Waals surface area contributed by atoms with Gasteiger partial charge >= 0.3 is 0 Å². The molecule has 0 heterocycles. The predicted octanol–water partition coefficient (Wildman–Crippen LogP) is 2.22. The third-order valence-corrected chi connectivity index (χ3v) is 2.43. The third kappa shape index (κ3) is 1.79. The van der Waals surface area contributed by atoms with E-state index in [4.69, 9.17) is 10.5 Å². The lowest BCUT2D eigenvalue weighted by atomic mass is 10.1. The van der Waals surface area contributed by atoms with Crippen molar-refractivity contribution in [2.45, 2.75) is 13.5 Å². The van der Waals surface area contributed by atoms with E-state index in [0.717, 1.165) is 21.3 Å². The zero-order valence-corrected chi connectivity index (χ0v) is 8.81. The maximum atomic E-state index is 5.57. The minimum atomic E-state index is 0.490. The molecular weight excluding hydrogens is 218 g/mol. The van der Waals surface area contributed by atoms with Crippen LogP contribution in [-0.2, 0) is 6.54 Å². The Labute approximate surface area is 80.8 Å². The molecule has 0 saturated carbocycles. The van der Waals surface area contributed by atoms with E-state index in [-0.39, 0.29) is 0 Å². The molecule has 66 valence electrons. The van der Waals surface area contributed by atoms with Crippen LogP contribution in [0.1, 0.15) is 11.1 Å². The highest BCUT2D eigenvalue weighted by Crippen LogP contribution is 2.27. The predicted molar refractivity (Wildman–Crippen MR) is 53.3 cm³/mol. The van der Waals surface area contributed by atoms with E-state index in [0.29, 0.717) is 6.54 Å². The van der Waals surface area contributed by atoms with Crippen LogP contribution in [0.2, 0.25) is 0 Å². The zero-order chi connectivity index (χ0) is 9.14. The van der Waals surface area contributed by atoms with Gasteiger partial charge in [-0.3, -0.25) is 0 Å². The van der Waals surface area contributed by atoms with Gasteiger partial charge in [0, 0.05) is 16.6 Å². The summed E-state index contributed by atoms with van der Waals surface area (Å²) in [6, 6.07) is 4.01. The highest BCUT2D eigenvalue weighted by molar-refractivity contribution is 9.10. The Morgan fingerprint density at radius 3 is 2.67 bits per heavy atom. The summed E-state index contributed by atoms with van der Waals surface area (Å²) in [4.78, 5) is 0. The average Bonchev–Trinajstić information content (AvgIpc) is 2.03. The number of hydrogen-bond donors (Lipinski definition) is 1. The van der Waals surface area contributed by atoms with Crippen molar-refractivity contribution < 1.29 is 4.74 Å². The van der Waals surface area contributed by atoms with Crippen LogP contribution in [0.15, 0.2) is 16.6 Å². The van der Waals surface area contributed by atoms with E-state index in [2.05, 4.69) is 15.9 Å². The number of aryl methyl sites for hydroxylation is 1. The van der Waals surface area contributed by atoms with Gasteiger partial charge in [0.05, 0.1) is 7.11 Å². The van der Waals surface area contributed by atoms with Crippen LogP contribution in [0.3, 0.4) is 0 Å². The highest BCUT2D eigenvalue weighted by atomic mass is 79.9. The van der Waals surface area contributed by atoms with Crippen LogP contribution in [-0.4, -0.2) is 7.11 Å². The van der Waals surface area contributed by atoms with Crippen LogP contribution in [0, 0.1) is 6.92 Å². The molecular formula is C9H12BrNO. The quantitative estimate of drug-likeness (QED) is 0.845. The van der Waals surface area contributed by atoms with Gasteiger partial charge in [-0.15, -0.1) is 0 Å². The SMILES string of the molecule is COc1cc(C)cc(Br)c1CN. The second-order valence-corrected chi connectivity index (χ2v) is 3.49. The molecule has 0 aromatic heterocycles. The van der Waals surface area contributed by atoms with E-state index < -0.39 is 0 Å². The molecule has 12 heavy (non-hydrogen) atoms. The summed E-state index contributed by atoms with van der Waals surface area (Å²) in [7, 11) is 1.65. The molecule has 1 aromatic rings. The molecule has 0 bridgehead atoms. The van der Waals surface area contributed by atoms with Crippen LogP contribution < -0.4 is 10.5 Å². The number of rotatable bonds is 2. The van der Waals surface area contributed by atoms with E-state index in [1.807, 2.05) is 19.1 Å². The monoisotopic (exact) mass is 229 g/mol. The largest absolute Gasteiger partial charge is 0.496 e. The fourth-order valence-electron chi connectivity index (χ4n) is 1.12. The van der Waals surface area contributed by atoms with Crippen molar-refractivity contribution in [3.8, 4) is 5.75 Å². The van der Waals surface area contributed by atoms with Gasteiger partial charge in [0.1, 0.15) is 5.75 Å². The third-order valence-electron chi connectivity index (χ3n) is 1.72. The maximum absolute atomic E-state index is 5.57. The Hall–Kier alpha value is -0.540. The molecule has 0 aliphatic carbocycles. The highest BCUT2D eigenvalue weighted by Gasteiger charge is 2.05. The zero-order valence-electron chi connectivity index (χ0n) is 7.23. The molecule has 0 aliphatic heterocycles. The molecule has 0 atom stereocenters. The van der Waals surface area contributed by atoms with Crippen molar-refractivity contribution in [1.82, 2.24) is 0 Å². The number of benzene rings is 1. The van der Waals surface area contributed by atoms with Gasteiger partial charge < -0.3 is 10.5 Å². The molecule has 0 aliphatic rings. The molecule has 3 heteroatoms. The van der Waals surface area contributed by atoms with Crippen LogP contribution in [0.25, 0.3) is 0 Å². The van der Waals surface area contributed by atoms with Crippen molar-refractivity contribution >= 4 is 15.9 Å². The summed E-state index contributed by atoms with van der Waals surface area (Å²) in [5, 5.41) is 0. The first-order valence-corrected chi connectivity index (χ1v) is 4.51. The Kier molecular flexibility index (Phi) is 3.12. The summed E-state index contributed by atoms with van der Waals surface area (Å²) in [5.41, 5.74) is 7.75. The number of hydrogen-bond acceptors (Lipinski definition) is 2.